The van der Waals surface area contributed by atoms with Crippen molar-refractivity contribution in [1.29, 1.82) is 0 Å². The highest BCUT2D eigenvalue weighted by molar-refractivity contribution is 6.30. The molecule has 0 bridgehead atoms. The number of benzene rings is 2. The van der Waals surface area contributed by atoms with E-state index in [-0.39, 0.29) is 18.9 Å². The molecule has 0 spiro atoms. The van der Waals surface area contributed by atoms with Gasteiger partial charge in [0.15, 0.2) is 18.1 Å². The number of rotatable bonds is 5. The van der Waals surface area contributed by atoms with Crippen molar-refractivity contribution in [1.82, 2.24) is 10.1 Å². The minimum atomic E-state index is -0.408. The Labute approximate surface area is 159 Å². The second kappa shape index (κ2) is 7.67. The standard InChI is InChI=1S/C19H15ClN2O5/c20-14-3-1-2-13(10-14)19-21-17(27-22-19)11-26-18(23)9-12-4-5-15-16(8-12)25-7-6-24-15/h1-5,8,10H,6-7,9,11H2. The normalized spacial score (nSPS) is 12.6. The van der Waals surface area contributed by atoms with Gasteiger partial charge >= 0.3 is 5.97 Å². The minimum absolute atomic E-state index is 0.100. The molecule has 2 aromatic carbocycles. The summed E-state index contributed by atoms with van der Waals surface area (Å²) in [5.41, 5.74) is 1.49. The SMILES string of the molecule is O=C(Cc1ccc2c(c1)OCCO2)OCc1nc(-c2cccc(Cl)c2)no1. The lowest BCUT2D eigenvalue weighted by Gasteiger charge is -2.18. The molecule has 2 heterocycles. The Kier molecular flexibility index (Phi) is 4.93. The van der Waals surface area contributed by atoms with Crippen LogP contribution in [0.15, 0.2) is 47.0 Å². The summed E-state index contributed by atoms with van der Waals surface area (Å²) in [6.45, 7) is 0.916. The van der Waals surface area contributed by atoms with Gasteiger partial charge in [-0.15, -0.1) is 0 Å². The molecule has 0 saturated carbocycles. The van der Waals surface area contributed by atoms with Crippen molar-refractivity contribution in [3.63, 3.8) is 0 Å². The molecule has 3 aromatic rings. The van der Waals surface area contributed by atoms with Gasteiger partial charge in [0.05, 0.1) is 6.42 Å². The quantitative estimate of drug-likeness (QED) is 0.621. The summed E-state index contributed by atoms with van der Waals surface area (Å²) >= 11 is 5.95. The first kappa shape index (κ1) is 17.4. The van der Waals surface area contributed by atoms with Crippen LogP contribution in [-0.2, 0) is 22.6 Å². The number of hydrogen-bond donors (Lipinski definition) is 0. The Morgan fingerprint density at radius 1 is 1.11 bits per heavy atom. The van der Waals surface area contributed by atoms with Gasteiger partial charge in [0.2, 0.25) is 5.82 Å². The lowest BCUT2D eigenvalue weighted by Crippen LogP contribution is -2.16. The van der Waals surface area contributed by atoms with Crippen molar-refractivity contribution in [2.24, 2.45) is 0 Å². The average molecular weight is 387 g/mol. The van der Waals surface area contributed by atoms with Crippen molar-refractivity contribution in [2.45, 2.75) is 13.0 Å². The van der Waals surface area contributed by atoms with Gasteiger partial charge in [0.25, 0.3) is 5.89 Å². The van der Waals surface area contributed by atoms with Crippen molar-refractivity contribution in [2.75, 3.05) is 13.2 Å². The summed E-state index contributed by atoms with van der Waals surface area (Å²) in [7, 11) is 0. The van der Waals surface area contributed by atoms with Crippen LogP contribution < -0.4 is 9.47 Å². The highest BCUT2D eigenvalue weighted by atomic mass is 35.5. The van der Waals surface area contributed by atoms with Crippen LogP contribution >= 0.6 is 11.6 Å². The van der Waals surface area contributed by atoms with Crippen molar-refractivity contribution < 1.29 is 23.5 Å². The third kappa shape index (κ3) is 4.20. The summed E-state index contributed by atoms with van der Waals surface area (Å²) in [6.07, 6.45) is 0.103. The van der Waals surface area contributed by atoms with Gasteiger partial charge < -0.3 is 18.7 Å². The monoisotopic (exact) mass is 386 g/mol. The molecular weight excluding hydrogens is 372 g/mol. The zero-order chi connectivity index (χ0) is 18.6. The fraction of sp³-hybridized carbons (Fsp3) is 0.211. The molecule has 0 N–H and O–H groups in total. The molecule has 0 aliphatic carbocycles. The van der Waals surface area contributed by atoms with Crippen LogP contribution in [0.25, 0.3) is 11.4 Å². The zero-order valence-corrected chi connectivity index (χ0v) is 14.9. The number of fused-ring (bicyclic) bond motifs is 1. The van der Waals surface area contributed by atoms with Gasteiger partial charge in [0.1, 0.15) is 13.2 Å². The number of esters is 1. The van der Waals surface area contributed by atoms with E-state index in [0.717, 1.165) is 11.1 Å². The van der Waals surface area contributed by atoms with E-state index in [1.807, 2.05) is 6.07 Å². The first-order valence-electron chi connectivity index (χ1n) is 8.30. The molecule has 0 fully saturated rings. The van der Waals surface area contributed by atoms with E-state index in [0.29, 0.717) is 35.6 Å². The first-order valence-corrected chi connectivity index (χ1v) is 8.68. The smallest absolute Gasteiger partial charge is 0.310 e. The molecule has 0 radical (unpaired) electrons. The van der Waals surface area contributed by atoms with E-state index in [4.69, 9.17) is 30.3 Å². The van der Waals surface area contributed by atoms with Crippen LogP contribution in [0.4, 0.5) is 0 Å². The predicted octanol–water partition coefficient (Wildman–Crippen LogP) is 3.45. The topological polar surface area (TPSA) is 83.7 Å². The van der Waals surface area contributed by atoms with Gasteiger partial charge in [-0.25, -0.2) is 0 Å². The third-order valence-electron chi connectivity index (χ3n) is 3.86. The van der Waals surface area contributed by atoms with Crippen molar-refractivity contribution in [3.05, 3.63) is 58.9 Å². The molecule has 1 aliphatic rings. The number of halogens is 1. The van der Waals surface area contributed by atoms with Gasteiger partial charge in [0, 0.05) is 10.6 Å². The van der Waals surface area contributed by atoms with Gasteiger partial charge in [-0.05, 0) is 29.8 Å². The second-order valence-corrected chi connectivity index (χ2v) is 6.27. The molecule has 138 valence electrons. The van der Waals surface area contributed by atoms with Gasteiger partial charge in [-0.3, -0.25) is 4.79 Å². The van der Waals surface area contributed by atoms with Crippen LogP contribution in [0.1, 0.15) is 11.5 Å². The van der Waals surface area contributed by atoms with Gasteiger partial charge in [-0.1, -0.05) is 35.0 Å². The summed E-state index contributed by atoms with van der Waals surface area (Å²) in [5.74, 6) is 1.50. The third-order valence-corrected chi connectivity index (χ3v) is 4.10. The lowest BCUT2D eigenvalue weighted by atomic mass is 10.1. The molecule has 4 rings (SSSR count). The molecule has 8 heteroatoms. The van der Waals surface area contributed by atoms with Crippen LogP contribution in [0.3, 0.4) is 0 Å². The molecule has 7 nitrogen and oxygen atoms in total. The number of hydrogen-bond acceptors (Lipinski definition) is 7. The predicted molar refractivity (Wildman–Crippen MR) is 95.7 cm³/mol. The van der Waals surface area contributed by atoms with E-state index < -0.39 is 5.97 Å². The minimum Gasteiger partial charge on any atom is -0.486 e. The van der Waals surface area contributed by atoms with Gasteiger partial charge in [-0.2, -0.15) is 4.98 Å². The van der Waals surface area contributed by atoms with Crippen LogP contribution in [0.5, 0.6) is 11.5 Å². The summed E-state index contributed by atoms with van der Waals surface area (Å²) in [5, 5.41) is 4.45. The fourth-order valence-electron chi connectivity index (χ4n) is 2.62. The zero-order valence-electron chi connectivity index (χ0n) is 14.2. The maximum atomic E-state index is 12.1. The second-order valence-electron chi connectivity index (χ2n) is 5.84. The highest BCUT2D eigenvalue weighted by Crippen LogP contribution is 2.31. The van der Waals surface area contributed by atoms with Crippen LogP contribution in [0.2, 0.25) is 5.02 Å². The number of nitrogens with zero attached hydrogens (tertiary/aromatic N) is 2. The molecule has 0 saturated heterocycles. The molecule has 1 aromatic heterocycles. The number of carbonyl (C=O) groups is 1. The van der Waals surface area contributed by atoms with Crippen LogP contribution in [-0.4, -0.2) is 29.3 Å². The molecule has 27 heavy (non-hydrogen) atoms. The average Bonchev–Trinajstić information content (AvgIpc) is 3.15. The lowest BCUT2D eigenvalue weighted by molar-refractivity contribution is -0.144. The highest BCUT2D eigenvalue weighted by Gasteiger charge is 2.15. The van der Waals surface area contributed by atoms with Crippen LogP contribution in [0, 0.1) is 0 Å². The molecule has 0 amide bonds. The largest absolute Gasteiger partial charge is 0.486 e. The molecule has 0 atom stereocenters. The molecule has 1 aliphatic heterocycles. The Hall–Kier alpha value is -3.06. The molecule has 0 unspecified atom stereocenters. The van der Waals surface area contributed by atoms with E-state index >= 15 is 0 Å². The van der Waals surface area contributed by atoms with E-state index in [1.54, 1.807) is 36.4 Å². The number of ether oxygens (including phenoxy) is 3. The summed E-state index contributed by atoms with van der Waals surface area (Å²) < 4.78 is 21.3. The maximum absolute atomic E-state index is 12.1. The van der Waals surface area contributed by atoms with Crippen molar-refractivity contribution in [3.8, 4) is 22.9 Å². The summed E-state index contributed by atoms with van der Waals surface area (Å²) in [6, 6.07) is 12.5. The Bertz CT molecular complexity index is 972. The van der Waals surface area contributed by atoms with E-state index in [9.17, 15) is 4.79 Å². The Morgan fingerprint density at radius 3 is 2.81 bits per heavy atom. The van der Waals surface area contributed by atoms with Crippen molar-refractivity contribution >= 4 is 17.6 Å². The Balaban J connectivity index is 1.34. The summed E-state index contributed by atoms with van der Waals surface area (Å²) in [4.78, 5) is 16.3. The first-order chi connectivity index (χ1) is 13.2. The van der Waals surface area contributed by atoms with E-state index in [1.165, 1.54) is 0 Å². The van der Waals surface area contributed by atoms with E-state index in [2.05, 4.69) is 10.1 Å². The fourth-order valence-corrected chi connectivity index (χ4v) is 2.81. The Morgan fingerprint density at radius 2 is 1.96 bits per heavy atom. The molecular formula is C19H15ClN2O5. The number of carbonyl (C=O) groups excluding carboxylic acids is 1. The maximum Gasteiger partial charge on any atom is 0.310 e. The number of aromatic nitrogens is 2.